The average Bonchev–Trinajstić information content (AvgIpc) is 3.45. The number of alkyl carbamates (subject to hydrolysis) is 1. The van der Waals surface area contributed by atoms with Crippen molar-refractivity contribution in [3.05, 3.63) is 22.5 Å². The maximum atomic E-state index is 15.4. The molecule has 1 heterocycles. The number of anilines is 2. The fourth-order valence-electron chi connectivity index (χ4n) is 3.87. The van der Waals surface area contributed by atoms with Gasteiger partial charge in [0.1, 0.15) is 17.0 Å². The molecular weight excluding hydrogens is 505 g/mol. The number of carbonyl (C=O) groups excluding carboxylic acids is 3. The van der Waals surface area contributed by atoms with Crippen LogP contribution < -0.4 is 26.4 Å². The van der Waals surface area contributed by atoms with Crippen LogP contribution in [-0.2, 0) is 9.47 Å². The highest BCUT2D eigenvalue weighted by atomic mass is 35.5. The third kappa shape index (κ3) is 8.55. The summed E-state index contributed by atoms with van der Waals surface area (Å²) in [4.78, 5) is 38.6. The normalized spacial score (nSPS) is 17.7. The molecule has 1 saturated carbocycles. The van der Waals surface area contributed by atoms with E-state index in [9.17, 15) is 14.4 Å². The van der Waals surface area contributed by atoms with E-state index in [2.05, 4.69) is 21.5 Å². The molecule has 3 rings (SSSR count). The molecule has 1 atom stereocenters. The molecule has 0 aromatic heterocycles. The van der Waals surface area contributed by atoms with E-state index < -0.39 is 35.1 Å². The molecule has 1 aromatic rings. The number of nitrogens with one attached hydrogen (secondary N) is 4. The number of carbonyl (C=O) groups is 3. The quantitative estimate of drug-likeness (QED) is 0.389. The van der Waals surface area contributed by atoms with E-state index in [1.807, 2.05) is 4.90 Å². The van der Waals surface area contributed by atoms with E-state index in [4.69, 9.17) is 21.1 Å². The molecule has 206 valence electrons. The second-order valence-corrected chi connectivity index (χ2v) is 11.8. The highest BCUT2D eigenvalue weighted by molar-refractivity contribution is 6.37. The maximum absolute atomic E-state index is 15.4. The van der Waals surface area contributed by atoms with Crippen LogP contribution in [0.3, 0.4) is 0 Å². The first kappa shape index (κ1) is 28.6. The lowest BCUT2D eigenvalue weighted by Gasteiger charge is -2.25. The van der Waals surface area contributed by atoms with Crippen LogP contribution in [-0.4, -0.2) is 55.0 Å². The lowest BCUT2D eigenvalue weighted by molar-refractivity contribution is 0.0481. The number of ether oxygens (including phenoxy) is 2. The Morgan fingerprint density at radius 3 is 2.24 bits per heavy atom. The van der Waals surface area contributed by atoms with Gasteiger partial charge < -0.3 is 25.0 Å². The molecule has 1 aliphatic carbocycles. The van der Waals surface area contributed by atoms with Crippen molar-refractivity contribution in [2.75, 3.05) is 29.9 Å². The third-order valence-corrected chi connectivity index (χ3v) is 5.95. The van der Waals surface area contributed by atoms with Gasteiger partial charge in [0.25, 0.3) is 5.91 Å². The van der Waals surface area contributed by atoms with Crippen molar-refractivity contribution in [3.8, 4) is 0 Å². The second kappa shape index (κ2) is 11.2. The third-order valence-electron chi connectivity index (χ3n) is 5.58. The van der Waals surface area contributed by atoms with Crippen molar-refractivity contribution >= 4 is 41.1 Å². The minimum Gasteiger partial charge on any atom is -0.444 e. The van der Waals surface area contributed by atoms with Crippen LogP contribution in [0.25, 0.3) is 0 Å². The molecule has 2 fully saturated rings. The summed E-state index contributed by atoms with van der Waals surface area (Å²) in [6.07, 6.45) is 1.19. The zero-order chi connectivity index (χ0) is 27.5. The zero-order valence-electron chi connectivity index (χ0n) is 22.2. The molecular formula is C25H37ClFN5O5. The van der Waals surface area contributed by atoms with Gasteiger partial charge in [0.15, 0.2) is 0 Å². The van der Waals surface area contributed by atoms with Crippen LogP contribution in [0, 0.1) is 11.7 Å². The van der Waals surface area contributed by atoms with Crippen LogP contribution in [0.5, 0.6) is 0 Å². The van der Waals surface area contributed by atoms with Gasteiger partial charge in [-0.05, 0) is 72.8 Å². The Kier molecular flexibility index (Phi) is 8.66. The van der Waals surface area contributed by atoms with E-state index >= 15 is 4.39 Å². The molecule has 1 unspecified atom stereocenters. The van der Waals surface area contributed by atoms with Gasteiger partial charge in [0.05, 0.1) is 22.0 Å². The van der Waals surface area contributed by atoms with E-state index in [-0.39, 0.29) is 28.2 Å². The maximum Gasteiger partial charge on any atom is 0.426 e. The zero-order valence-corrected chi connectivity index (χ0v) is 23.0. The van der Waals surface area contributed by atoms with Gasteiger partial charge in [-0.1, -0.05) is 11.6 Å². The van der Waals surface area contributed by atoms with Crippen molar-refractivity contribution in [1.29, 1.82) is 0 Å². The average molecular weight is 542 g/mol. The summed E-state index contributed by atoms with van der Waals surface area (Å²) in [6, 6.07) is 1.25. The largest absolute Gasteiger partial charge is 0.444 e. The van der Waals surface area contributed by atoms with Crippen LogP contribution >= 0.6 is 11.6 Å². The van der Waals surface area contributed by atoms with Crippen molar-refractivity contribution < 1.29 is 28.2 Å². The van der Waals surface area contributed by atoms with Gasteiger partial charge in [-0.2, -0.15) is 0 Å². The Bertz CT molecular complexity index is 1040. The Hall–Kier alpha value is -2.95. The fourth-order valence-corrected chi connectivity index (χ4v) is 4.24. The number of hydrogen-bond donors (Lipinski definition) is 4. The van der Waals surface area contributed by atoms with Crippen molar-refractivity contribution in [1.82, 2.24) is 16.2 Å². The fraction of sp³-hybridized carbons (Fsp3) is 0.640. The molecule has 12 heteroatoms. The second-order valence-electron chi connectivity index (χ2n) is 11.4. The minimum absolute atomic E-state index is 0.0310. The van der Waals surface area contributed by atoms with Crippen LogP contribution in [0.15, 0.2) is 6.07 Å². The molecule has 37 heavy (non-hydrogen) atoms. The minimum atomic E-state index is -0.844. The Morgan fingerprint density at radius 2 is 1.65 bits per heavy atom. The van der Waals surface area contributed by atoms with Crippen LogP contribution in [0.4, 0.5) is 25.4 Å². The number of halogens is 2. The van der Waals surface area contributed by atoms with Crippen LogP contribution in [0.1, 0.15) is 71.2 Å². The van der Waals surface area contributed by atoms with Gasteiger partial charge in [-0.25, -0.2) is 19.4 Å². The van der Waals surface area contributed by atoms with Crippen molar-refractivity contribution in [2.45, 2.75) is 78.0 Å². The van der Waals surface area contributed by atoms with Gasteiger partial charge in [-0.3, -0.25) is 10.2 Å². The number of amides is 3. The summed E-state index contributed by atoms with van der Waals surface area (Å²) in [5.74, 6) is -1.32. The van der Waals surface area contributed by atoms with Gasteiger partial charge >= 0.3 is 12.2 Å². The summed E-state index contributed by atoms with van der Waals surface area (Å²) in [7, 11) is 0. The summed E-state index contributed by atoms with van der Waals surface area (Å²) in [5.41, 5.74) is 3.56. The highest BCUT2D eigenvalue weighted by Gasteiger charge is 2.32. The first-order chi connectivity index (χ1) is 17.1. The van der Waals surface area contributed by atoms with E-state index in [0.717, 1.165) is 25.3 Å². The van der Waals surface area contributed by atoms with E-state index in [0.29, 0.717) is 25.3 Å². The molecule has 3 amide bonds. The molecule has 4 N–H and O–H groups in total. The molecule has 0 radical (unpaired) electrons. The number of hydrogen-bond acceptors (Lipinski definition) is 7. The Balaban J connectivity index is 1.72. The number of benzene rings is 1. The lowest BCUT2D eigenvalue weighted by atomic mass is 10.1. The molecule has 2 aliphatic rings. The van der Waals surface area contributed by atoms with E-state index in [1.165, 1.54) is 0 Å². The summed E-state index contributed by atoms with van der Waals surface area (Å²) < 4.78 is 25.8. The first-order valence-corrected chi connectivity index (χ1v) is 12.8. The highest BCUT2D eigenvalue weighted by Crippen LogP contribution is 2.42. The summed E-state index contributed by atoms with van der Waals surface area (Å²) in [5, 5.41) is 6.08. The summed E-state index contributed by atoms with van der Waals surface area (Å²) in [6.45, 7) is 11.8. The monoisotopic (exact) mass is 541 g/mol. The Labute approximate surface area is 221 Å². The lowest BCUT2D eigenvalue weighted by Crippen LogP contribution is -2.44. The Morgan fingerprint density at radius 1 is 1.03 bits per heavy atom. The first-order valence-electron chi connectivity index (χ1n) is 12.4. The SMILES string of the molecule is CC(C)(C)OC(=O)NCC1CCN(c2c(F)cc(C(=O)NNC(=O)OC(C)(C)C)c(NC3CC3)c2Cl)C1. The number of nitrogens with zero attached hydrogens (tertiary/aromatic N) is 1. The predicted octanol–water partition coefficient (Wildman–Crippen LogP) is 4.57. The van der Waals surface area contributed by atoms with Gasteiger partial charge in [-0.15, -0.1) is 0 Å². The van der Waals surface area contributed by atoms with E-state index in [1.54, 1.807) is 41.5 Å². The molecule has 1 saturated heterocycles. The molecule has 10 nitrogen and oxygen atoms in total. The topological polar surface area (TPSA) is 121 Å². The summed E-state index contributed by atoms with van der Waals surface area (Å²) >= 11 is 6.69. The molecule has 1 aliphatic heterocycles. The molecule has 0 bridgehead atoms. The number of hydrazine groups is 1. The smallest absolute Gasteiger partial charge is 0.426 e. The molecule has 0 spiro atoms. The van der Waals surface area contributed by atoms with Gasteiger partial charge in [0.2, 0.25) is 0 Å². The standard InChI is InChI=1S/C25H37ClFN5O5/c1-24(2,3)36-22(34)28-12-14-9-10-32(13-14)20-17(27)11-16(19(18(20)26)29-15-7-8-15)21(33)30-31-23(35)37-25(4,5)6/h11,14-15,29H,7-10,12-13H2,1-6H3,(H,28,34)(H,30,33)(H,31,35). The number of rotatable bonds is 6. The molecule has 1 aromatic carbocycles. The van der Waals surface area contributed by atoms with Gasteiger partial charge in [0, 0.05) is 25.7 Å². The van der Waals surface area contributed by atoms with Crippen LogP contribution in [0.2, 0.25) is 5.02 Å². The van der Waals surface area contributed by atoms with Crippen molar-refractivity contribution in [2.24, 2.45) is 5.92 Å². The predicted molar refractivity (Wildman–Crippen MR) is 139 cm³/mol. The van der Waals surface area contributed by atoms with Crippen molar-refractivity contribution in [3.63, 3.8) is 0 Å².